The summed E-state index contributed by atoms with van der Waals surface area (Å²) < 4.78 is 5.71. The quantitative estimate of drug-likeness (QED) is 0.431. The van der Waals surface area contributed by atoms with Gasteiger partial charge in [0.2, 0.25) is 5.12 Å². The summed E-state index contributed by atoms with van der Waals surface area (Å²) in [4.78, 5) is 26.2. The van der Waals surface area contributed by atoms with Crippen molar-refractivity contribution >= 4 is 45.0 Å². The van der Waals surface area contributed by atoms with E-state index in [4.69, 9.17) is 4.42 Å². The van der Waals surface area contributed by atoms with Gasteiger partial charge in [-0.1, -0.05) is 48.2 Å². The summed E-state index contributed by atoms with van der Waals surface area (Å²) in [7, 11) is 0. The van der Waals surface area contributed by atoms with Crippen LogP contribution < -0.4 is 0 Å². The predicted molar refractivity (Wildman–Crippen MR) is 100 cm³/mol. The zero-order chi connectivity index (χ0) is 17.6. The summed E-state index contributed by atoms with van der Waals surface area (Å²) in [5.74, 6) is 0.765. The highest BCUT2D eigenvalue weighted by Crippen LogP contribution is 2.31. The number of allylic oxidation sites excluding steroid dienone is 2. The molecule has 2 heterocycles. The first-order valence-corrected chi connectivity index (χ1v) is 9.02. The first kappa shape index (κ1) is 17.2. The fraction of sp³-hybridized carbons (Fsp3) is 0.0588. The van der Waals surface area contributed by atoms with E-state index in [9.17, 15) is 14.9 Å². The van der Waals surface area contributed by atoms with Crippen LogP contribution in [0.15, 0.2) is 69.7 Å². The molecule has 0 amide bonds. The molecule has 0 spiro atoms. The number of aliphatic imine (C=N–C) groups is 1. The Hall–Kier alpha value is -2.58. The van der Waals surface area contributed by atoms with Gasteiger partial charge in [-0.3, -0.25) is 14.9 Å². The molecule has 6 nitrogen and oxygen atoms in total. The number of hydrogen-bond donors (Lipinski definition) is 0. The molecule has 0 unspecified atom stereocenters. The summed E-state index contributed by atoms with van der Waals surface area (Å²) in [6.45, 7) is 0. The second-order valence-corrected chi connectivity index (χ2v) is 7.07. The molecule has 0 fully saturated rings. The van der Waals surface area contributed by atoms with Crippen molar-refractivity contribution in [3.05, 3.63) is 81.8 Å². The van der Waals surface area contributed by atoms with E-state index >= 15 is 0 Å². The molecule has 0 aliphatic carbocycles. The topological polar surface area (TPSA) is 85.7 Å². The maximum atomic E-state index is 12.0. The zero-order valence-electron chi connectivity index (χ0n) is 12.8. The lowest BCUT2D eigenvalue weighted by Gasteiger charge is -1.98. The summed E-state index contributed by atoms with van der Waals surface area (Å²) >= 11 is 2.62. The number of nitro groups is 1. The smallest absolute Gasteiger partial charge is 0.401 e. The molecule has 2 aromatic rings. The Balaban J connectivity index is 1.61. The SMILES string of the molecule is O=C1SC(SCc2ccccc2)=N/C1=C/C=C/c1ccc([N+](=O)[O-])o1. The first-order valence-electron chi connectivity index (χ1n) is 7.22. The lowest BCUT2D eigenvalue weighted by Crippen LogP contribution is -1.87. The maximum absolute atomic E-state index is 12.0. The highest BCUT2D eigenvalue weighted by molar-refractivity contribution is 8.45. The van der Waals surface area contributed by atoms with Gasteiger partial charge < -0.3 is 4.42 Å². The molecular weight excluding hydrogens is 360 g/mol. The Labute approximate surface area is 151 Å². The fourth-order valence-electron chi connectivity index (χ4n) is 1.95. The van der Waals surface area contributed by atoms with Crippen molar-refractivity contribution in [2.75, 3.05) is 0 Å². The normalized spacial score (nSPS) is 15.9. The molecule has 0 bridgehead atoms. The molecular formula is C17H12N2O4S2. The van der Waals surface area contributed by atoms with Gasteiger partial charge in [0.05, 0.1) is 6.07 Å². The lowest BCUT2D eigenvalue weighted by atomic mass is 10.2. The Kier molecular flexibility index (Phi) is 5.52. The number of nitrogens with zero attached hydrogens (tertiary/aromatic N) is 2. The zero-order valence-corrected chi connectivity index (χ0v) is 14.5. The lowest BCUT2D eigenvalue weighted by molar-refractivity contribution is -0.402. The van der Waals surface area contributed by atoms with Crippen LogP contribution in [0.25, 0.3) is 6.08 Å². The standard InChI is InChI=1S/C17H12N2O4S2/c20-16-14(8-4-7-13-9-10-15(23-13)19(21)22)18-17(25-16)24-11-12-5-2-1-3-6-12/h1-10H,11H2/b7-4+,14-8+. The third-order valence-corrected chi connectivity index (χ3v) is 5.19. The van der Waals surface area contributed by atoms with Crippen LogP contribution in [0.5, 0.6) is 0 Å². The Bertz CT molecular complexity index is 885. The molecule has 8 heteroatoms. The molecule has 0 saturated heterocycles. The second kappa shape index (κ2) is 8.00. The molecule has 1 aliphatic heterocycles. The fourth-order valence-corrected chi connectivity index (χ4v) is 3.75. The van der Waals surface area contributed by atoms with Gasteiger partial charge in [0.25, 0.3) is 0 Å². The van der Waals surface area contributed by atoms with Gasteiger partial charge in [0.15, 0.2) is 0 Å². The molecule has 0 N–H and O–H groups in total. The number of furan rings is 1. The van der Waals surface area contributed by atoms with E-state index in [1.54, 1.807) is 18.2 Å². The van der Waals surface area contributed by atoms with Crippen LogP contribution in [0.4, 0.5) is 5.88 Å². The van der Waals surface area contributed by atoms with Gasteiger partial charge in [-0.2, -0.15) is 0 Å². The molecule has 0 radical (unpaired) electrons. The van der Waals surface area contributed by atoms with Crippen LogP contribution in [0.2, 0.25) is 0 Å². The van der Waals surface area contributed by atoms with Crippen LogP contribution in [-0.2, 0) is 10.5 Å². The summed E-state index contributed by atoms with van der Waals surface area (Å²) in [5.41, 5.74) is 1.51. The third kappa shape index (κ3) is 4.71. The second-order valence-electron chi connectivity index (χ2n) is 4.89. The summed E-state index contributed by atoms with van der Waals surface area (Å²) in [6, 6.07) is 12.7. The minimum absolute atomic E-state index is 0.120. The Morgan fingerprint density at radius 2 is 2.04 bits per heavy atom. The van der Waals surface area contributed by atoms with E-state index in [0.717, 1.165) is 17.5 Å². The van der Waals surface area contributed by atoms with Crippen LogP contribution in [0, 0.1) is 10.1 Å². The van der Waals surface area contributed by atoms with Crippen molar-refractivity contribution in [1.82, 2.24) is 0 Å². The van der Waals surface area contributed by atoms with Crippen molar-refractivity contribution < 1.29 is 14.1 Å². The highest BCUT2D eigenvalue weighted by atomic mass is 32.2. The largest absolute Gasteiger partial charge is 0.433 e. The summed E-state index contributed by atoms with van der Waals surface area (Å²) in [5, 5.41) is 10.4. The maximum Gasteiger partial charge on any atom is 0.433 e. The highest BCUT2D eigenvalue weighted by Gasteiger charge is 2.21. The van der Waals surface area contributed by atoms with E-state index in [1.807, 2.05) is 30.3 Å². The molecule has 1 aromatic carbocycles. The molecule has 3 rings (SSSR count). The van der Waals surface area contributed by atoms with Gasteiger partial charge in [0.1, 0.15) is 20.8 Å². The van der Waals surface area contributed by atoms with E-state index in [1.165, 1.54) is 29.5 Å². The van der Waals surface area contributed by atoms with Gasteiger partial charge in [-0.25, -0.2) is 4.99 Å². The molecule has 0 atom stereocenters. The number of hydrogen-bond acceptors (Lipinski definition) is 7. The van der Waals surface area contributed by atoms with Gasteiger partial charge in [-0.05, 0) is 35.5 Å². The number of carbonyl (C=O) groups is 1. The van der Waals surface area contributed by atoms with Crippen molar-refractivity contribution in [2.24, 2.45) is 4.99 Å². The molecule has 0 saturated carbocycles. The predicted octanol–water partition coefficient (Wildman–Crippen LogP) is 4.65. The minimum atomic E-state index is -0.604. The Morgan fingerprint density at radius 3 is 2.76 bits per heavy atom. The van der Waals surface area contributed by atoms with E-state index in [2.05, 4.69) is 4.99 Å². The van der Waals surface area contributed by atoms with E-state index < -0.39 is 4.92 Å². The number of carbonyl (C=O) groups excluding carboxylic acids is 1. The van der Waals surface area contributed by atoms with Crippen molar-refractivity contribution in [1.29, 1.82) is 0 Å². The van der Waals surface area contributed by atoms with Crippen molar-refractivity contribution in [3.63, 3.8) is 0 Å². The number of thioether (sulfide) groups is 2. The van der Waals surface area contributed by atoms with Gasteiger partial charge >= 0.3 is 5.88 Å². The average Bonchev–Trinajstić information content (AvgIpc) is 3.21. The summed E-state index contributed by atoms with van der Waals surface area (Å²) in [6.07, 6.45) is 4.70. The van der Waals surface area contributed by atoms with Gasteiger partial charge in [0, 0.05) is 5.75 Å². The minimum Gasteiger partial charge on any atom is -0.401 e. The van der Waals surface area contributed by atoms with Crippen LogP contribution in [-0.4, -0.2) is 14.4 Å². The van der Waals surface area contributed by atoms with Crippen LogP contribution in [0.3, 0.4) is 0 Å². The van der Waals surface area contributed by atoms with E-state index in [0.29, 0.717) is 15.8 Å². The molecule has 1 aromatic heterocycles. The Morgan fingerprint density at radius 1 is 1.24 bits per heavy atom. The molecule has 25 heavy (non-hydrogen) atoms. The van der Waals surface area contributed by atoms with Gasteiger partial charge in [-0.15, -0.1) is 0 Å². The molecule has 126 valence electrons. The number of benzene rings is 1. The van der Waals surface area contributed by atoms with E-state index in [-0.39, 0.29) is 11.0 Å². The first-order chi connectivity index (χ1) is 12.1. The molecule has 1 aliphatic rings. The van der Waals surface area contributed by atoms with Crippen LogP contribution in [0.1, 0.15) is 11.3 Å². The van der Waals surface area contributed by atoms with Crippen molar-refractivity contribution in [3.8, 4) is 0 Å². The van der Waals surface area contributed by atoms with Crippen LogP contribution >= 0.6 is 23.5 Å². The number of rotatable bonds is 5. The monoisotopic (exact) mass is 372 g/mol. The van der Waals surface area contributed by atoms with Crippen molar-refractivity contribution in [2.45, 2.75) is 5.75 Å². The average molecular weight is 372 g/mol. The third-order valence-electron chi connectivity index (χ3n) is 3.11.